The van der Waals surface area contributed by atoms with Gasteiger partial charge in [-0.25, -0.2) is 0 Å². The Labute approximate surface area is 142 Å². The number of piperazine rings is 1. The topological polar surface area (TPSA) is 78.6 Å². The Morgan fingerprint density at radius 1 is 1.36 bits per heavy atom. The number of benzene rings is 1. The molecule has 1 heterocycles. The molecule has 1 saturated heterocycles. The van der Waals surface area contributed by atoms with Crippen LogP contribution in [0.4, 0.5) is 5.69 Å². The average molecular weight is 352 g/mol. The smallest absolute Gasteiger partial charge is 0.277 e. The molecule has 0 spiro atoms. The Bertz CT molecular complexity index is 508. The second-order valence-corrected chi connectivity index (χ2v) is 5.13. The van der Waals surface area contributed by atoms with Gasteiger partial charge in [0.2, 0.25) is 0 Å². The van der Waals surface area contributed by atoms with Crippen molar-refractivity contribution in [3.63, 3.8) is 0 Å². The number of nitrogens with zero attached hydrogens (tertiary/aromatic N) is 2. The van der Waals surface area contributed by atoms with Crippen molar-refractivity contribution >= 4 is 30.5 Å². The van der Waals surface area contributed by atoms with Gasteiger partial charge in [0.1, 0.15) is 5.75 Å². The molecule has 1 aromatic rings. The third kappa shape index (κ3) is 4.23. The highest BCUT2D eigenvalue weighted by Gasteiger charge is 2.30. The number of aryl methyl sites for hydroxylation is 1. The Hall–Kier alpha value is -1.08. The Morgan fingerprint density at radius 3 is 2.45 bits per heavy atom. The Kier molecular flexibility index (Phi) is 8.70. The maximum absolute atomic E-state index is 11.3. The normalized spacial score (nSPS) is 16.3. The summed E-state index contributed by atoms with van der Waals surface area (Å²) >= 11 is 0. The maximum atomic E-state index is 11.3. The highest BCUT2D eigenvalue weighted by Crippen LogP contribution is 2.39. The number of hydrogen-bond donors (Lipinski definition) is 2. The number of aromatic hydroxyl groups is 1. The van der Waals surface area contributed by atoms with E-state index in [9.17, 15) is 15.2 Å². The Balaban J connectivity index is 0.00000220. The summed E-state index contributed by atoms with van der Waals surface area (Å²) in [4.78, 5) is 13.1. The van der Waals surface area contributed by atoms with Crippen LogP contribution in [0.25, 0.3) is 0 Å². The van der Waals surface area contributed by atoms with Gasteiger partial charge in [0.05, 0.1) is 10.5 Å². The van der Waals surface area contributed by atoms with E-state index in [2.05, 4.69) is 10.2 Å². The number of rotatable bonds is 4. The fraction of sp³-hybridized carbons (Fsp3) is 0.571. The van der Waals surface area contributed by atoms with Crippen LogP contribution < -0.4 is 5.32 Å². The lowest BCUT2D eigenvalue weighted by molar-refractivity contribution is -0.386. The number of halogens is 2. The van der Waals surface area contributed by atoms with Crippen molar-refractivity contribution in [1.29, 1.82) is 0 Å². The van der Waals surface area contributed by atoms with Gasteiger partial charge in [0.15, 0.2) is 0 Å². The molecule has 0 radical (unpaired) electrons. The molecule has 0 saturated carbocycles. The first kappa shape index (κ1) is 20.9. The lowest BCUT2D eigenvalue weighted by Crippen LogP contribution is -2.45. The lowest BCUT2D eigenvalue weighted by Gasteiger charge is -2.34. The summed E-state index contributed by atoms with van der Waals surface area (Å²) < 4.78 is 0. The van der Waals surface area contributed by atoms with Crippen molar-refractivity contribution in [3.05, 3.63) is 33.4 Å². The number of phenols is 1. The summed E-state index contributed by atoms with van der Waals surface area (Å²) in [5, 5.41) is 24.8. The molecule has 1 atom stereocenters. The quantitative estimate of drug-likeness (QED) is 0.644. The van der Waals surface area contributed by atoms with Gasteiger partial charge in [-0.1, -0.05) is 6.92 Å². The van der Waals surface area contributed by atoms with Gasteiger partial charge in [-0.15, -0.1) is 24.8 Å². The summed E-state index contributed by atoms with van der Waals surface area (Å²) in [6, 6.07) is 2.98. The van der Waals surface area contributed by atoms with Crippen LogP contribution in [0.5, 0.6) is 5.75 Å². The maximum Gasteiger partial charge on any atom is 0.277 e. The zero-order chi connectivity index (χ0) is 14.7. The SMILES string of the molecule is CC[C@@H](c1c([N+](=O)[O-])ccc(C)c1O)N1CCNCC1.Cl.Cl. The number of hydrogen-bond acceptors (Lipinski definition) is 5. The lowest BCUT2D eigenvalue weighted by atomic mass is 9.96. The van der Waals surface area contributed by atoms with Crippen LogP contribution in [-0.2, 0) is 0 Å². The zero-order valence-corrected chi connectivity index (χ0v) is 14.4. The summed E-state index contributed by atoms with van der Waals surface area (Å²) in [6.45, 7) is 7.19. The molecule has 1 fully saturated rings. The number of nitro groups is 1. The van der Waals surface area contributed by atoms with E-state index in [-0.39, 0.29) is 42.3 Å². The van der Waals surface area contributed by atoms with E-state index in [1.54, 1.807) is 13.0 Å². The molecule has 22 heavy (non-hydrogen) atoms. The molecule has 1 aliphatic rings. The summed E-state index contributed by atoms with van der Waals surface area (Å²) in [5.41, 5.74) is 1.15. The van der Waals surface area contributed by atoms with Crippen LogP contribution in [0, 0.1) is 17.0 Å². The monoisotopic (exact) mass is 351 g/mol. The van der Waals surface area contributed by atoms with Crippen molar-refractivity contribution in [2.45, 2.75) is 26.3 Å². The number of phenolic OH excluding ortho intramolecular Hbond substituents is 1. The van der Waals surface area contributed by atoms with Gasteiger partial charge in [-0.05, 0) is 25.0 Å². The third-order valence-electron chi connectivity index (χ3n) is 3.90. The van der Waals surface area contributed by atoms with Crippen LogP contribution in [0.3, 0.4) is 0 Å². The van der Waals surface area contributed by atoms with E-state index < -0.39 is 4.92 Å². The first-order valence-electron chi connectivity index (χ1n) is 6.97. The molecule has 0 aliphatic carbocycles. The second-order valence-electron chi connectivity index (χ2n) is 5.13. The predicted molar refractivity (Wildman–Crippen MR) is 91.5 cm³/mol. The first-order valence-corrected chi connectivity index (χ1v) is 6.97. The fourth-order valence-electron chi connectivity index (χ4n) is 2.83. The van der Waals surface area contributed by atoms with Gasteiger partial charge >= 0.3 is 0 Å². The summed E-state index contributed by atoms with van der Waals surface area (Å²) in [5.74, 6) is 0.0598. The summed E-state index contributed by atoms with van der Waals surface area (Å²) in [7, 11) is 0. The number of nitrogens with one attached hydrogen (secondary N) is 1. The van der Waals surface area contributed by atoms with Crippen molar-refractivity contribution in [1.82, 2.24) is 10.2 Å². The minimum Gasteiger partial charge on any atom is -0.507 e. The van der Waals surface area contributed by atoms with E-state index in [4.69, 9.17) is 0 Å². The highest BCUT2D eigenvalue weighted by molar-refractivity contribution is 5.85. The summed E-state index contributed by atoms with van der Waals surface area (Å²) in [6.07, 6.45) is 0.734. The Morgan fingerprint density at radius 2 is 1.95 bits per heavy atom. The van der Waals surface area contributed by atoms with E-state index in [0.29, 0.717) is 11.1 Å². The predicted octanol–water partition coefficient (Wildman–Crippen LogP) is 2.81. The van der Waals surface area contributed by atoms with Crippen LogP contribution in [0.2, 0.25) is 0 Å². The van der Waals surface area contributed by atoms with Crippen molar-refractivity contribution in [2.75, 3.05) is 26.2 Å². The van der Waals surface area contributed by atoms with Crippen molar-refractivity contribution in [2.24, 2.45) is 0 Å². The molecule has 126 valence electrons. The van der Waals surface area contributed by atoms with Gasteiger partial charge in [-0.2, -0.15) is 0 Å². The highest BCUT2D eigenvalue weighted by atomic mass is 35.5. The van der Waals surface area contributed by atoms with Crippen molar-refractivity contribution in [3.8, 4) is 5.75 Å². The molecular formula is C14H23Cl2N3O3. The van der Waals surface area contributed by atoms with Gasteiger partial charge in [0.25, 0.3) is 5.69 Å². The first-order chi connectivity index (χ1) is 9.56. The van der Waals surface area contributed by atoms with Gasteiger partial charge in [-0.3, -0.25) is 15.0 Å². The van der Waals surface area contributed by atoms with E-state index in [1.165, 1.54) is 6.07 Å². The van der Waals surface area contributed by atoms with Crippen LogP contribution in [-0.4, -0.2) is 41.1 Å². The minimum atomic E-state index is -0.403. The average Bonchev–Trinajstić information content (AvgIpc) is 2.45. The zero-order valence-electron chi connectivity index (χ0n) is 12.7. The molecule has 0 amide bonds. The number of nitro benzene ring substituents is 1. The van der Waals surface area contributed by atoms with Gasteiger partial charge < -0.3 is 10.4 Å². The van der Waals surface area contributed by atoms with Gasteiger partial charge in [0, 0.05) is 38.3 Å². The third-order valence-corrected chi connectivity index (χ3v) is 3.90. The van der Waals surface area contributed by atoms with E-state index in [1.807, 2.05) is 6.92 Å². The molecular weight excluding hydrogens is 329 g/mol. The van der Waals surface area contributed by atoms with Crippen LogP contribution >= 0.6 is 24.8 Å². The minimum absolute atomic E-state index is 0. The molecule has 2 rings (SSSR count). The molecule has 0 bridgehead atoms. The fourth-order valence-corrected chi connectivity index (χ4v) is 2.83. The standard InChI is InChI=1S/C14H21N3O3.2ClH/c1-3-11(16-8-6-15-7-9-16)13-12(17(19)20)5-4-10(2)14(13)18;;/h4-5,11,15,18H,3,6-9H2,1-2H3;2*1H/t11-;;/m0../s1. The van der Waals surface area contributed by atoms with E-state index >= 15 is 0 Å². The van der Waals surface area contributed by atoms with Crippen LogP contribution in [0.15, 0.2) is 12.1 Å². The molecule has 0 aromatic heterocycles. The molecule has 0 unspecified atom stereocenters. The molecule has 8 heteroatoms. The van der Waals surface area contributed by atoms with E-state index in [0.717, 1.165) is 32.6 Å². The molecule has 1 aliphatic heterocycles. The van der Waals surface area contributed by atoms with Crippen molar-refractivity contribution < 1.29 is 10.0 Å². The van der Waals surface area contributed by atoms with Crippen LogP contribution in [0.1, 0.15) is 30.5 Å². The second kappa shape index (κ2) is 9.15. The molecule has 2 N–H and O–H groups in total. The molecule has 6 nitrogen and oxygen atoms in total. The largest absolute Gasteiger partial charge is 0.507 e. The molecule has 1 aromatic carbocycles.